The summed E-state index contributed by atoms with van der Waals surface area (Å²) < 4.78 is 0. The van der Waals surface area contributed by atoms with Gasteiger partial charge in [-0.25, -0.2) is 4.79 Å². The number of hydrogen-bond acceptors (Lipinski definition) is 3. The Labute approximate surface area is 127 Å². The lowest BCUT2D eigenvalue weighted by Crippen LogP contribution is -2.48. The number of amides is 2. The molecule has 0 spiro atoms. The molecule has 1 rings (SSSR count). The molecule has 20 heavy (non-hydrogen) atoms. The summed E-state index contributed by atoms with van der Waals surface area (Å²) in [6, 6.07) is 0.186. The molecular weight excluding hydrogens is 272 g/mol. The van der Waals surface area contributed by atoms with Crippen LogP contribution in [0.15, 0.2) is 0 Å². The fraction of sp³-hybridized carbons (Fsp3) is 0.933. The SMILES string of the molecule is CS[C@@H]1CC[C@H](NC(=O)NCC(C)(C)[C@H](O)C(C)C)C1. The van der Waals surface area contributed by atoms with E-state index in [1.54, 1.807) is 0 Å². The second kappa shape index (κ2) is 7.55. The van der Waals surface area contributed by atoms with E-state index < -0.39 is 6.10 Å². The van der Waals surface area contributed by atoms with Gasteiger partial charge in [0.25, 0.3) is 0 Å². The Bertz CT molecular complexity index is 321. The lowest BCUT2D eigenvalue weighted by atomic mass is 9.81. The van der Waals surface area contributed by atoms with Crippen molar-refractivity contribution in [1.82, 2.24) is 10.6 Å². The molecule has 1 saturated carbocycles. The second-order valence-corrected chi connectivity index (χ2v) is 8.01. The Morgan fingerprint density at radius 1 is 1.40 bits per heavy atom. The van der Waals surface area contributed by atoms with E-state index in [9.17, 15) is 9.90 Å². The van der Waals surface area contributed by atoms with Gasteiger partial charge in [-0.05, 0) is 31.4 Å². The molecule has 0 heterocycles. The summed E-state index contributed by atoms with van der Waals surface area (Å²) in [5.74, 6) is 0.187. The van der Waals surface area contributed by atoms with E-state index >= 15 is 0 Å². The fourth-order valence-corrected chi connectivity index (χ4v) is 3.63. The van der Waals surface area contributed by atoms with E-state index in [1.807, 2.05) is 39.5 Å². The van der Waals surface area contributed by atoms with Crippen LogP contribution in [0.1, 0.15) is 47.0 Å². The standard InChI is InChI=1S/C15H30N2O2S/c1-10(2)13(18)15(3,4)9-16-14(19)17-11-6-7-12(8-11)20-5/h10-13,18H,6-9H2,1-5H3,(H2,16,17,19)/t11-,12+,13+/m0/s1. The zero-order valence-corrected chi connectivity index (χ0v) is 14.2. The summed E-state index contributed by atoms with van der Waals surface area (Å²) in [6.45, 7) is 8.44. The molecule has 3 N–H and O–H groups in total. The molecule has 0 aromatic rings. The van der Waals surface area contributed by atoms with Crippen molar-refractivity contribution in [3.05, 3.63) is 0 Å². The molecule has 0 unspecified atom stereocenters. The van der Waals surface area contributed by atoms with Gasteiger partial charge in [-0.3, -0.25) is 0 Å². The number of aliphatic hydroxyl groups is 1. The molecule has 2 amide bonds. The molecule has 118 valence electrons. The van der Waals surface area contributed by atoms with E-state index in [-0.39, 0.29) is 17.4 Å². The maximum Gasteiger partial charge on any atom is 0.315 e. The van der Waals surface area contributed by atoms with Crippen LogP contribution in [0.3, 0.4) is 0 Å². The van der Waals surface area contributed by atoms with Gasteiger partial charge in [0, 0.05) is 23.3 Å². The van der Waals surface area contributed by atoms with Crippen molar-refractivity contribution < 1.29 is 9.90 Å². The van der Waals surface area contributed by atoms with Gasteiger partial charge in [-0.1, -0.05) is 27.7 Å². The third-order valence-corrected chi connectivity index (χ3v) is 5.28. The van der Waals surface area contributed by atoms with E-state index in [4.69, 9.17) is 0 Å². The summed E-state index contributed by atoms with van der Waals surface area (Å²) in [7, 11) is 0. The van der Waals surface area contributed by atoms with Crippen molar-refractivity contribution in [3.63, 3.8) is 0 Å². The number of aliphatic hydroxyl groups excluding tert-OH is 1. The van der Waals surface area contributed by atoms with E-state index in [0.29, 0.717) is 17.8 Å². The van der Waals surface area contributed by atoms with Crippen LogP contribution >= 0.6 is 11.8 Å². The fourth-order valence-electron chi connectivity index (χ4n) is 2.84. The minimum absolute atomic E-state index is 0.110. The molecule has 1 aliphatic rings. The van der Waals surface area contributed by atoms with E-state index in [0.717, 1.165) is 12.8 Å². The molecule has 0 aromatic heterocycles. The van der Waals surface area contributed by atoms with Crippen LogP contribution in [0, 0.1) is 11.3 Å². The number of carbonyl (C=O) groups excluding carboxylic acids is 1. The second-order valence-electron chi connectivity index (χ2n) is 6.87. The summed E-state index contributed by atoms with van der Waals surface area (Å²) >= 11 is 1.88. The van der Waals surface area contributed by atoms with Crippen LogP contribution in [0.2, 0.25) is 0 Å². The Morgan fingerprint density at radius 2 is 2.05 bits per heavy atom. The molecule has 1 aliphatic carbocycles. The molecule has 1 fully saturated rings. The normalized spacial score (nSPS) is 24.8. The minimum Gasteiger partial charge on any atom is -0.392 e. The Hall–Kier alpha value is -0.420. The third kappa shape index (κ3) is 5.17. The topological polar surface area (TPSA) is 61.4 Å². The Kier molecular flexibility index (Phi) is 6.65. The van der Waals surface area contributed by atoms with E-state index in [1.165, 1.54) is 6.42 Å². The lowest BCUT2D eigenvalue weighted by Gasteiger charge is -2.33. The third-order valence-electron chi connectivity index (χ3n) is 4.19. The summed E-state index contributed by atoms with van der Waals surface area (Å²) in [6.07, 6.45) is 5.02. The van der Waals surface area contributed by atoms with Crippen molar-refractivity contribution in [1.29, 1.82) is 0 Å². The number of hydrogen-bond donors (Lipinski definition) is 3. The number of rotatable bonds is 6. The molecule has 0 aromatic carbocycles. The Morgan fingerprint density at radius 3 is 2.55 bits per heavy atom. The summed E-state index contributed by atoms with van der Waals surface area (Å²) in [4.78, 5) is 11.9. The molecular formula is C15H30N2O2S. The highest BCUT2D eigenvalue weighted by atomic mass is 32.2. The van der Waals surface area contributed by atoms with Crippen LogP contribution in [-0.4, -0.2) is 41.3 Å². The minimum atomic E-state index is -0.421. The van der Waals surface area contributed by atoms with Crippen LogP contribution < -0.4 is 10.6 Å². The molecule has 0 radical (unpaired) electrons. The largest absolute Gasteiger partial charge is 0.392 e. The van der Waals surface area contributed by atoms with Crippen LogP contribution in [0.5, 0.6) is 0 Å². The number of thioether (sulfide) groups is 1. The van der Waals surface area contributed by atoms with Crippen molar-refractivity contribution >= 4 is 17.8 Å². The molecule has 0 aliphatic heterocycles. The first-order valence-electron chi connectivity index (χ1n) is 7.51. The Balaban J connectivity index is 2.33. The van der Waals surface area contributed by atoms with Gasteiger partial charge < -0.3 is 15.7 Å². The number of urea groups is 1. The highest BCUT2D eigenvalue weighted by molar-refractivity contribution is 7.99. The average Bonchev–Trinajstić information content (AvgIpc) is 2.83. The maximum absolute atomic E-state index is 11.9. The lowest BCUT2D eigenvalue weighted by molar-refractivity contribution is 0.0151. The monoisotopic (exact) mass is 302 g/mol. The van der Waals surface area contributed by atoms with Crippen LogP contribution in [0.4, 0.5) is 4.79 Å². The van der Waals surface area contributed by atoms with Gasteiger partial charge >= 0.3 is 6.03 Å². The van der Waals surface area contributed by atoms with Crippen molar-refractivity contribution in [2.75, 3.05) is 12.8 Å². The predicted octanol–water partition coefficient (Wildman–Crippen LogP) is 2.61. The first-order valence-corrected chi connectivity index (χ1v) is 8.80. The molecule has 3 atom stereocenters. The van der Waals surface area contributed by atoms with Crippen molar-refractivity contribution in [3.8, 4) is 0 Å². The van der Waals surface area contributed by atoms with Crippen LogP contribution in [-0.2, 0) is 0 Å². The van der Waals surface area contributed by atoms with Gasteiger partial charge in [0.05, 0.1) is 6.10 Å². The maximum atomic E-state index is 11.9. The first kappa shape index (κ1) is 17.6. The van der Waals surface area contributed by atoms with Gasteiger partial charge in [-0.2, -0.15) is 11.8 Å². The smallest absolute Gasteiger partial charge is 0.315 e. The first-order chi connectivity index (χ1) is 9.26. The zero-order chi connectivity index (χ0) is 15.3. The molecule has 4 nitrogen and oxygen atoms in total. The summed E-state index contributed by atoms with van der Waals surface area (Å²) in [5, 5.41) is 16.8. The quantitative estimate of drug-likeness (QED) is 0.707. The highest BCUT2D eigenvalue weighted by Crippen LogP contribution is 2.28. The van der Waals surface area contributed by atoms with Gasteiger partial charge in [-0.15, -0.1) is 0 Å². The predicted molar refractivity (Wildman–Crippen MR) is 86.1 cm³/mol. The number of nitrogens with one attached hydrogen (secondary N) is 2. The highest BCUT2D eigenvalue weighted by Gasteiger charge is 2.31. The van der Waals surface area contributed by atoms with E-state index in [2.05, 4.69) is 16.9 Å². The van der Waals surface area contributed by atoms with Gasteiger partial charge in [0.1, 0.15) is 0 Å². The summed E-state index contributed by atoms with van der Waals surface area (Å²) in [5.41, 5.74) is -0.316. The van der Waals surface area contributed by atoms with Gasteiger partial charge in [0.15, 0.2) is 0 Å². The number of carbonyl (C=O) groups is 1. The van der Waals surface area contributed by atoms with Crippen LogP contribution in [0.25, 0.3) is 0 Å². The van der Waals surface area contributed by atoms with Crippen molar-refractivity contribution in [2.24, 2.45) is 11.3 Å². The van der Waals surface area contributed by atoms with Crippen molar-refractivity contribution in [2.45, 2.75) is 64.4 Å². The molecule has 0 bridgehead atoms. The van der Waals surface area contributed by atoms with Gasteiger partial charge in [0.2, 0.25) is 0 Å². The molecule has 0 saturated heterocycles. The molecule has 5 heteroatoms. The average molecular weight is 302 g/mol. The zero-order valence-electron chi connectivity index (χ0n) is 13.4.